The molecular formula is C13H18ClNO. The van der Waals surface area contributed by atoms with Gasteiger partial charge < -0.3 is 4.74 Å². The van der Waals surface area contributed by atoms with E-state index in [4.69, 9.17) is 16.3 Å². The Hall–Kier alpha value is -0.600. The molecule has 0 amide bonds. The second-order valence-corrected chi connectivity index (χ2v) is 4.90. The molecule has 0 atom stereocenters. The predicted molar refractivity (Wildman–Crippen MR) is 65.5 cm³/mol. The molecule has 0 bridgehead atoms. The van der Waals surface area contributed by atoms with Gasteiger partial charge in [0.2, 0.25) is 0 Å². The lowest BCUT2D eigenvalue weighted by molar-refractivity contribution is 0.0738. The van der Waals surface area contributed by atoms with E-state index >= 15 is 0 Å². The average molecular weight is 240 g/mol. The zero-order valence-corrected chi connectivity index (χ0v) is 10.2. The van der Waals surface area contributed by atoms with Gasteiger partial charge in [0.05, 0.1) is 6.61 Å². The lowest BCUT2D eigenvalue weighted by Crippen LogP contribution is -2.13. The molecule has 16 heavy (non-hydrogen) atoms. The second-order valence-electron chi connectivity index (χ2n) is 4.51. The third kappa shape index (κ3) is 3.76. The van der Waals surface area contributed by atoms with E-state index in [1.54, 1.807) is 12.3 Å². The predicted octanol–water partition coefficient (Wildman–Crippen LogP) is 3.83. The summed E-state index contributed by atoms with van der Waals surface area (Å²) in [7, 11) is 0. The van der Waals surface area contributed by atoms with Crippen LogP contribution in [0.3, 0.4) is 0 Å². The fraction of sp³-hybridized carbons (Fsp3) is 0.615. The van der Waals surface area contributed by atoms with Crippen molar-refractivity contribution in [3.63, 3.8) is 0 Å². The summed E-state index contributed by atoms with van der Waals surface area (Å²) in [5.74, 6) is 0.772. The topological polar surface area (TPSA) is 22.1 Å². The highest BCUT2D eigenvalue weighted by Crippen LogP contribution is 2.23. The third-order valence-corrected chi connectivity index (χ3v) is 3.36. The number of ether oxygens (including phenoxy) is 1. The van der Waals surface area contributed by atoms with Crippen molar-refractivity contribution in [1.82, 2.24) is 4.98 Å². The Morgan fingerprint density at radius 3 is 2.75 bits per heavy atom. The lowest BCUT2D eigenvalue weighted by Gasteiger charge is -2.21. The molecule has 0 radical (unpaired) electrons. The molecule has 0 aromatic carbocycles. The number of pyridine rings is 1. The van der Waals surface area contributed by atoms with E-state index in [2.05, 4.69) is 4.98 Å². The van der Waals surface area contributed by atoms with Crippen molar-refractivity contribution in [2.75, 3.05) is 6.61 Å². The Kier molecular flexibility index (Phi) is 4.61. The van der Waals surface area contributed by atoms with E-state index in [1.807, 2.05) is 6.07 Å². The van der Waals surface area contributed by atoms with Gasteiger partial charge >= 0.3 is 0 Å². The van der Waals surface area contributed by atoms with Crippen molar-refractivity contribution in [1.29, 1.82) is 0 Å². The first-order valence-electron chi connectivity index (χ1n) is 6.03. The average Bonchev–Trinajstić information content (AvgIpc) is 2.33. The Morgan fingerprint density at radius 2 is 2.06 bits per heavy atom. The second kappa shape index (κ2) is 6.21. The van der Waals surface area contributed by atoms with Crippen molar-refractivity contribution in [2.24, 2.45) is 5.92 Å². The quantitative estimate of drug-likeness (QED) is 0.745. The first kappa shape index (κ1) is 11.9. The maximum Gasteiger partial charge on any atom is 0.129 e. The molecule has 1 aromatic rings. The molecule has 0 unspecified atom stereocenters. The molecule has 0 aliphatic heterocycles. The molecule has 88 valence electrons. The summed E-state index contributed by atoms with van der Waals surface area (Å²) in [6.45, 7) is 1.54. The molecule has 0 N–H and O–H groups in total. The van der Waals surface area contributed by atoms with Crippen LogP contribution in [0.2, 0.25) is 5.15 Å². The van der Waals surface area contributed by atoms with Crippen LogP contribution in [-0.4, -0.2) is 11.6 Å². The highest BCUT2D eigenvalue weighted by atomic mass is 35.5. The van der Waals surface area contributed by atoms with E-state index in [0.29, 0.717) is 11.8 Å². The highest BCUT2D eigenvalue weighted by molar-refractivity contribution is 6.29. The number of hydrogen-bond acceptors (Lipinski definition) is 2. The zero-order valence-electron chi connectivity index (χ0n) is 9.49. The molecule has 1 heterocycles. The zero-order chi connectivity index (χ0) is 11.2. The van der Waals surface area contributed by atoms with Crippen molar-refractivity contribution in [3.05, 3.63) is 29.0 Å². The number of aromatic nitrogens is 1. The van der Waals surface area contributed by atoms with Crippen LogP contribution in [0.1, 0.15) is 37.7 Å². The van der Waals surface area contributed by atoms with Gasteiger partial charge in [-0.3, -0.25) is 0 Å². The molecule has 1 saturated carbocycles. The number of hydrogen-bond donors (Lipinski definition) is 0. The van der Waals surface area contributed by atoms with Crippen LogP contribution in [0.5, 0.6) is 0 Å². The molecule has 3 heteroatoms. The standard InChI is InChI=1S/C13H18ClNO/c14-13-7-6-12(8-15-13)10-16-9-11-4-2-1-3-5-11/h6-8,11H,1-5,9-10H2. The molecule has 0 saturated heterocycles. The monoisotopic (exact) mass is 239 g/mol. The van der Waals surface area contributed by atoms with Gasteiger partial charge in [0.25, 0.3) is 0 Å². The minimum Gasteiger partial charge on any atom is -0.376 e. The molecular weight excluding hydrogens is 222 g/mol. The fourth-order valence-electron chi connectivity index (χ4n) is 2.19. The molecule has 1 aliphatic rings. The van der Waals surface area contributed by atoms with E-state index < -0.39 is 0 Å². The first-order chi connectivity index (χ1) is 7.84. The smallest absolute Gasteiger partial charge is 0.129 e. The van der Waals surface area contributed by atoms with Gasteiger partial charge in [-0.05, 0) is 30.4 Å². The van der Waals surface area contributed by atoms with Crippen LogP contribution in [0.25, 0.3) is 0 Å². The summed E-state index contributed by atoms with van der Waals surface area (Å²) in [4.78, 5) is 4.03. The van der Waals surface area contributed by atoms with E-state index in [0.717, 1.165) is 18.1 Å². The molecule has 0 spiro atoms. The van der Waals surface area contributed by atoms with Crippen LogP contribution < -0.4 is 0 Å². The Morgan fingerprint density at radius 1 is 1.25 bits per heavy atom. The van der Waals surface area contributed by atoms with Gasteiger partial charge in [0.1, 0.15) is 5.15 Å². The lowest BCUT2D eigenvalue weighted by atomic mass is 9.90. The third-order valence-electron chi connectivity index (χ3n) is 3.14. The van der Waals surface area contributed by atoms with Crippen molar-refractivity contribution < 1.29 is 4.74 Å². The molecule has 2 nitrogen and oxygen atoms in total. The van der Waals surface area contributed by atoms with Gasteiger partial charge in [-0.15, -0.1) is 0 Å². The molecule has 1 aromatic heterocycles. The summed E-state index contributed by atoms with van der Waals surface area (Å²) in [6.07, 6.45) is 8.59. The largest absolute Gasteiger partial charge is 0.376 e. The van der Waals surface area contributed by atoms with Crippen molar-refractivity contribution >= 4 is 11.6 Å². The van der Waals surface area contributed by atoms with E-state index in [9.17, 15) is 0 Å². The number of halogens is 1. The number of rotatable bonds is 4. The Balaban J connectivity index is 1.69. The summed E-state index contributed by atoms with van der Waals surface area (Å²) >= 11 is 5.72. The minimum absolute atomic E-state index is 0.538. The Labute approximate surface area is 102 Å². The van der Waals surface area contributed by atoms with Gasteiger partial charge in [-0.25, -0.2) is 4.98 Å². The van der Waals surface area contributed by atoms with Crippen molar-refractivity contribution in [2.45, 2.75) is 38.7 Å². The summed E-state index contributed by atoms with van der Waals surface area (Å²) in [5.41, 5.74) is 1.10. The summed E-state index contributed by atoms with van der Waals surface area (Å²) in [5, 5.41) is 0.538. The molecule has 2 rings (SSSR count). The Bertz CT molecular complexity index is 306. The van der Waals surface area contributed by atoms with E-state index in [-0.39, 0.29) is 0 Å². The molecule has 1 fully saturated rings. The maximum atomic E-state index is 5.72. The van der Waals surface area contributed by atoms with Gasteiger partial charge in [-0.2, -0.15) is 0 Å². The maximum absolute atomic E-state index is 5.72. The van der Waals surface area contributed by atoms with E-state index in [1.165, 1.54) is 32.1 Å². The number of nitrogens with zero attached hydrogens (tertiary/aromatic N) is 1. The van der Waals surface area contributed by atoms with Crippen LogP contribution in [-0.2, 0) is 11.3 Å². The van der Waals surface area contributed by atoms with Crippen molar-refractivity contribution in [3.8, 4) is 0 Å². The summed E-state index contributed by atoms with van der Waals surface area (Å²) < 4.78 is 5.72. The van der Waals surface area contributed by atoms with Crippen LogP contribution in [0.4, 0.5) is 0 Å². The van der Waals surface area contributed by atoms with Crippen LogP contribution in [0, 0.1) is 5.92 Å². The minimum atomic E-state index is 0.538. The normalized spacial score (nSPS) is 17.6. The SMILES string of the molecule is Clc1ccc(COCC2CCCCC2)cn1. The highest BCUT2D eigenvalue weighted by Gasteiger charge is 2.13. The van der Waals surface area contributed by atoms with Gasteiger partial charge in [-0.1, -0.05) is 36.9 Å². The van der Waals surface area contributed by atoms with Gasteiger partial charge in [0.15, 0.2) is 0 Å². The van der Waals surface area contributed by atoms with Gasteiger partial charge in [0, 0.05) is 12.8 Å². The van der Waals surface area contributed by atoms with Crippen LogP contribution in [0.15, 0.2) is 18.3 Å². The fourth-order valence-corrected chi connectivity index (χ4v) is 2.30. The van der Waals surface area contributed by atoms with Crippen LogP contribution >= 0.6 is 11.6 Å². The molecule has 1 aliphatic carbocycles. The summed E-state index contributed by atoms with van der Waals surface area (Å²) in [6, 6.07) is 3.77. The first-order valence-corrected chi connectivity index (χ1v) is 6.40.